The fourth-order valence-electron chi connectivity index (χ4n) is 1.18. The van der Waals surface area contributed by atoms with Crippen molar-refractivity contribution in [1.29, 1.82) is 0 Å². The SMILES string of the molecule is Cn1ccnc1Nc1cccc(Cl)c1. The molecule has 0 atom stereocenters. The molecule has 0 aliphatic rings. The highest BCUT2D eigenvalue weighted by molar-refractivity contribution is 6.30. The smallest absolute Gasteiger partial charge is 0.207 e. The van der Waals surface area contributed by atoms with Crippen LogP contribution in [0.15, 0.2) is 36.7 Å². The highest BCUT2D eigenvalue weighted by atomic mass is 35.5. The maximum absolute atomic E-state index is 5.86. The molecule has 0 radical (unpaired) electrons. The third-order valence-corrected chi connectivity index (χ3v) is 2.14. The molecule has 1 aromatic heterocycles. The molecule has 0 aliphatic carbocycles. The van der Waals surface area contributed by atoms with Crippen LogP contribution in [0, 0.1) is 0 Å². The average molecular weight is 208 g/mol. The highest BCUT2D eigenvalue weighted by Gasteiger charge is 1.99. The van der Waals surface area contributed by atoms with Crippen LogP contribution in [0.2, 0.25) is 5.02 Å². The molecule has 1 N–H and O–H groups in total. The van der Waals surface area contributed by atoms with E-state index in [4.69, 9.17) is 11.6 Å². The van der Waals surface area contributed by atoms with Gasteiger partial charge in [0.05, 0.1) is 0 Å². The molecule has 0 saturated heterocycles. The Morgan fingerprint density at radius 3 is 2.93 bits per heavy atom. The monoisotopic (exact) mass is 207 g/mol. The Kier molecular flexibility index (Phi) is 2.41. The molecule has 0 unspecified atom stereocenters. The van der Waals surface area contributed by atoms with Crippen LogP contribution in [0.25, 0.3) is 0 Å². The lowest BCUT2D eigenvalue weighted by Crippen LogP contribution is -1.97. The van der Waals surface area contributed by atoms with Gasteiger partial charge in [-0.2, -0.15) is 0 Å². The number of rotatable bonds is 2. The first-order valence-corrected chi connectivity index (χ1v) is 4.63. The number of anilines is 2. The summed E-state index contributed by atoms with van der Waals surface area (Å²) in [5.41, 5.74) is 0.937. The minimum Gasteiger partial charge on any atom is -0.326 e. The summed E-state index contributed by atoms with van der Waals surface area (Å²) in [6.45, 7) is 0. The predicted octanol–water partition coefficient (Wildman–Crippen LogP) is 2.82. The van der Waals surface area contributed by atoms with Crippen molar-refractivity contribution in [3.05, 3.63) is 41.7 Å². The Morgan fingerprint density at radius 1 is 1.43 bits per heavy atom. The largest absolute Gasteiger partial charge is 0.326 e. The predicted molar refractivity (Wildman–Crippen MR) is 57.9 cm³/mol. The summed E-state index contributed by atoms with van der Waals surface area (Å²) in [6, 6.07) is 7.54. The van der Waals surface area contributed by atoms with Gasteiger partial charge in [0.1, 0.15) is 0 Å². The van der Waals surface area contributed by atoms with Crippen LogP contribution in [-0.2, 0) is 7.05 Å². The number of hydrogen-bond donors (Lipinski definition) is 1. The number of nitrogens with zero attached hydrogens (tertiary/aromatic N) is 2. The number of hydrogen-bond acceptors (Lipinski definition) is 2. The number of aryl methyl sites for hydroxylation is 1. The summed E-state index contributed by atoms with van der Waals surface area (Å²) in [4.78, 5) is 4.15. The highest BCUT2D eigenvalue weighted by Crippen LogP contribution is 2.18. The number of aromatic nitrogens is 2. The Labute approximate surface area is 87.3 Å². The molecule has 4 heteroatoms. The van der Waals surface area contributed by atoms with Gasteiger partial charge in [0, 0.05) is 30.2 Å². The summed E-state index contributed by atoms with van der Waals surface area (Å²) in [6.07, 6.45) is 3.62. The minimum atomic E-state index is 0.712. The van der Waals surface area contributed by atoms with Gasteiger partial charge in [-0.3, -0.25) is 0 Å². The molecular weight excluding hydrogens is 198 g/mol. The Morgan fingerprint density at radius 2 is 2.29 bits per heavy atom. The first kappa shape index (κ1) is 9.09. The van der Waals surface area contributed by atoms with Gasteiger partial charge in [-0.15, -0.1) is 0 Å². The van der Waals surface area contributed by atoms with Crippen LogP contribution in [-0.4, -0.2) is 9.55 Å². The molecule has 14 heavy (non-hydrogen) atoms. The van der Waals surface area contributed by atoms with Crippen molar-refractivity contribution in [3.63, 3.8) is 0 Å². The molecule has 0 saturated carbocycles. The van der Waals surface area contributed by atoms with Crippen molar-refractivity contribution in [2.24, 2.45) is 7.05 Å². The van der Waals surface area contributed by atoms with Gasteiger partial charge >= 0.3 is 0 Å². The molecule has 1 heterocycles. The second-order valence-corrected chi connectivity index (χ2v) is 3.43. The standard InChI is InChI=1S/C10H10ClN3/c1-14-6-5-12-10(14)13-9-4-2-3-8(11)7-9/h2-7H,1H3,(H,12,13). The second-order valence-electron chi connectivity index (χ2n) is 3.00. The van der Waals surface area contributed by atoms with Gasteiger partial charge in [-0.25, -0.2) is 4.98 Å². The van der Waals surface area contributed by atoms with Crippen LogP contribution in [0.1, 0.15) is 0 Å². The number of benzene rings is 1. The summed E-state index contributed by atoms with van der Waals surface area (Å²) in [5.74, 6) is 0.798. The average Bonchev–Trinajstić information content (AvgIpc) is 2.52. The van der Waals surface area contributed by atoms with E-state index in [-0.39, 0.29) is 0 Å². The van der Waals surface area contributed by atoms with E-state index in [2.05, 4.69) is 10.3 Å². The zero-order valence-electron chi connectivity index (χ0n) is 7.74. The van der Waals surface area contributed by atoms with Crippen LogP contribution in [0.5, 0.6) is 0 Å². The van der Waals surface area contributed by atoms with Crippen molar-refractivity contribution in [1.82, 2.24) is 9.55 Å². The third kappa shape index (κ3) is 1.88. The van der Waals surface area contributed by atoms with E-state index in [9.17, 15) is 0 Å². The summed E-state index contributed by atoms with van der Waals surface area (Å²) < 4.78 is 1.90. The fourth-order valence-corrected chi connectivity index (χ4v) is 1.37. The molecule has 0 aliphatic heterocycles. The Bertz CT molecular complexity index is 436. The molecular formula is C10H10ClN3. The second kappa shape index (κ2) is 3.72. The van der Waals surface area contributed by atoms with Gasteiger partial charge in [0.2, 0.25) is 5.95 Å². The number of halogens is 1. The van der Waals surface area contributed by atoms with E-state index in [1.54, 1.807) is 6.20 Å². The van der Waals surface area contributed by atoms with E-state index in [1.165, 1.54) is 0 Å². The van der Waals surface area contributed by atoms with Crippen molar-refractivity contribution < 1.29 is 0 Å². The Hall–Kier alpha value is -1.48. The lowest BCUT2D eigenvalue weighted by atomic mass is 10.3. The van der Waals surface area contributed by atoms with Crippen LogP contribution in [0.4, 0.5) is 11.6 Å². The normalized spacial score (nSPS) is 10.1. The maximum Gasteiger partial charge on any atom is 0.207 e. The van der Waals surface area contributed by atoms with E-state index in [0.717, 1.165) is 11.6 Å². The van der Waals surface area contributed by atoms with Crippen molar-refractivity contribution in [3.8, 4) is 0 Å². The molecule has 0 fully saturated rings. The van der Waals surface area contributed by atoms with E-state index in [1.807, 2.05) is 42.1 Å². The quantitative estimate of drug-likeness (QED) is 0.821. The van der Waals surface area contributed by atoms with E-state index in [0.29, 0.717) is 5.02 Å². The molecule has 3 nitrogen and oxygen atoms in total. The van der Waals surface area contributed by atoms with E-state index >= 15 is 0 Å². The zero-order valence-corrected chi connectivity index (χ0v) is 8.49. The van der Waals surface area contributed by atoms with Crippen molar-refractivity contribution in [2.75, 3.05) is 5.32 Å². The molecule has 0 bridgehead atoms. The van der Waals surface area contributed by atoms with Gasteiger partial charge in [0.15, 0.2) is 0 Å². The first-order valence-electron chi connectivity index (χ1n) is 4.25. The molecule has 2 aromatic rings. The molecule has 0 spiro atoms. The molecule has 2 rings (SSSR count). The summed E-state index contributed by atoms with van der Waals surface area (Å²) in [5, 5.41) is 3.87. The van der Waals surface area contributed by atoms with Crippen LogP contribution < -0.4 is 5.32 Å². The van der Waals surface area contributed by atoms with Gasteiger partial charge < -0.3 is 9.88 Å². The molecule has 1 aromatic carbocycles. The lowest BCUT2D eigenvalue weighted by Gasteiger charge is -2.05. The first-order chi connectivity index (χ1) is 6.75. The number of nitrogens with one attached hydrogen (secondary N) is 1. The lowest BCUT2D eigenvalue weighted by molar-refractivity contribution is 0.924. The topological polar surface area (TPSA) is 29.9 Å². The summed E-state index contributed by atoms with van der Waals surface area (Å²) in [7, 11) is 1.93. The third-order valence-electron chi connectivity index (χ3n) is 1.90. The van der Waals surface area contributed by atoms with E-state index < -0.39 is 0 Å². The zero-order chi connectivity index (χ0) is 9.97. The minimum absolute atomic E-state index is 0.712. The summed E-state index contributed by atoms with van der Waals surface area (Å²) >= 11 is 5.86. The van der Waals surface area contributed by atoms with Gasteiger partial charge in [-0.05, 0) is 18.2 Å². The maximum atomic E-state index is 5.86. The molecule has 0 amide bonds. The van der Waals surface area contributed by atoms with Crippen LogP contribution >= 0.6 is 11.6 Å². The Balaban J connectivity index is 2.23. The molecule has 72 valence electrons. The fraction of sp³-hybridized carbons (Fsp3) is 0.100. The van der Waals surface area contributed by atoms with Crippen LogP contribution in [0.3, 0.4) is 0 Å². The van der Waals surface area contributed by atoms with Crippen molar-refractivity contribution in [2.45, 2.75) is 0 Å². The van der Waals surface area contributed by atoms with Crippen molar-refractivity contribution >= 4 is 23.2 Å². The number of imidazole rings is 1. The van der Waals surface area contributed by atoms with Gasteiger partial charge in [0.25, 0.3) is 0 Å². The van der Waals surface area contributed by atoms with Gasteiger partial charge in [-0.1, -0.05) is 17.7 Å².